The van der Waals surface area contributed by atoms with Crippen LogP contribution in [0.3, 0.4) is 0 Å². The molecule has 0 radical (unpaired) electrons. The minimum Gasteiger partial charge on any atom is -0.497 e. The Bertz CT molecular complexity index is 600. The van der Waals surface area contributed by atoms with Crippen LogP contribution in [0.25, 0.3) is 0 Å². The SMILES string of the molecule is COc1ccc(OCCOc2ccc(NC(N)=S)cc2)cc1. The molecule has 116 valence electrons. The van der Waals surface area contributed by atoms with E-state index in [0.29, 0.717) is 13.2 Å². The van der Waals surface area contributed by atoms with Crippen molar-refractivity contribution < 1.29 is 14.2 Å². The Hall–Kier alpha value is -2.47. The molecule has 0 aliphatic carbocycles. The molecule has 3 N–H and O–H groups in total. The third kappa shape index (κ3) is 5.14. The van der Waals surface area contributed by atoms with Crippen molar-refractivity contribution in [2.75, 3.05) is 25.6 Å². The molecule has 0 aromatic heterocycles. The van der Waals surface area contributed by atoms with E-state index in [0.717, 1.165) is 22.9 Å². The van der Waals surface area contributed by atoms with Gasteiger partial charge in [-0.1, -0.05) is 0 Å². The van der Waals surface area contributed by atoms with Gasteiger partial charge in [0.2, 0.25) is 0 Å². The molecule has 0 atom stereocenters. The number of nitrogens with two attached hydrogens (primary N) is 1. The fourth-order valence-electron chi connectivity index (χ4n) is 1.77. The predicted molar refractivity (Wildman–Crippen MR) is 90.8 cm³/mol. The van der Waals surface area contributed by atoms with Crippen LogP contribution in [0.15, 0.2) is 48.5 Å². The lowest BCUT2D eigenvalue weighted by atomic mass is 10.3. The van der Waals surface area contributed by atoms with E-state index in [-0.39, 0.29) is 5.11 Å². The van der Waals surface area contributed by atoms with Gasteiger partial charge in [0.05, 0.1) is 7.11 Å². The smallest absolute Gasteiger partial charge is 0.168 e. The fourth-order valence-corrected chi connectivity index (χ4v) is 1.89. The van der Waals surface area contributed by atoms with Crippen molar-refractivity contribution in [2.45, 2.75) is 0 Å². The van der Waals surface area contributed by atoms with Gasteiger partial charge in [-0.2, -0.15) is 0 Å². The van der Waals surface area contributed by atoms with E-state index >= 15 is 0 Å². The summed E-state index contributed by atoms with van der Waals surface area (Å²) < 4.78 is 16.3. The summed E-state index contributed by atoms with van der Waals surface area (Å²) in [4.78, 5) is 0. The van der Waals surface area contributed by atoms with Crippen LogP contribution >= 0.6 is 12.2 Å². The van der Waals surface area contributed by atoms with Crippen LogP contribution in [0.5, 0.6) is 17.2 Å². The zero-order chi connectivity index (χ0) is 15.8. The predicted octanol–water partition coefficient (Wildman–Crippen LogP) is 2.81. The van der Waals surface area contributed by atoms with Gasteiger partial charge < -0.3 is 25.3 Å². The first-order valence-electron chi connectivity index (χ1n) is 6.73. The summed E-state index contributed by atoms with van der Waals surface area (Å²) in [5.41, 5.74) is 6.23. The Morgan fingerprint density at radius 2 is 1.36 bits per heavy atom. The zero-order valence-corrected chi connectivity index (χ0v) is 13.1. The summed E-state index contributed by atoms with van der Waals surface area (Å²) >= 11 is 4.77. The van der Waals surface area contributed by atoms with Gasteiger partial charge in [-0.05, 0) is 60.7 Å². The van der Waals surface area contributed by atoms with Crippen molar-refractivity contribution in [3.8, 4) is 17.2 Å². The second-order valence-corrected chi connectivity index (χ2v) is 4.83. The van der Waals surface area contributed by atoms with Crippen molar-refractivity contribution in [1.82, 2.24) is 0 Å². The maximum absolute atomic E-state index is 5.59. The van der Waals surface area contributed by atoms with Gasteiger partial charge in [0, 0.05) is 5.69 Å². The van der Waals surface area contributed by atoms with E-state index in [1.807, 2.05) is 48.5 Å². The second-order valence-electron chi connectivity index (χ2n) is 4.39. The third-order valence-electron chi connectivity index (χ3n) is 2.80. The molecule has 2 rings (SSSR count). The van der Waals surface area contributed by atoms with Crippen molar-refractivity contribution in [3.63, 3.8) is 0 Å². The Labute approximate surface area is 135 Å². The van der Waals surface area contributed by atoms with E-state index in [9.17, 15) is 0 Å². The van der Waals surface area contributed by atoms with Crippen LogP contribution in [0.1, 0.15) is 0 Å². The standard InChI is InChI=1S/C16H18N2O3S/c1-19-13-6-8-15(9-7-13)21-11-10-20-14-4-2-12(3-5-14)18-16(17)22/h2-9H,10-11H2,1H3,(H3,17,18,22). The summed E-state index contributed by atoms with van der Waals surface area (Å²) in [5.74, 6) is 2.33. The molecule has 0 bridgehead atoms. The molecule has 0 unspecified atom stereocenters. The highest BCUT2D eigenvalue weighted by atomic mass is 32.1. The summed E-state index contributed by atoms with van der Waals surface area (Å²) in [5, 5.41) is 3.09. The van der Waals surface area contributed by atoms with Crippen LogP contribution < -0.4 is 25.3 Å². The van der Waals surface area contributed by atoms with Gasteiger partial charge in [0.15, 0.2) is 5.11 Å². The van der Waals surface area contributed by atoms with E-state index < -0.39 is 0 Å². The number of hydrogen-bond donors (Lipinski definition) is 2. The summed E-state index contributed by atoms with van der Waals surface area (Å²) in [6.07, 6.45) is 0. The molecule has 0 spiro atoms. The van der Waals surface area contributed by atoms with Gasteiger partial charge >= 0.3 is 0 Å². The molecular weight excluding hydrogens is 300 g/mol. The quantitative estimate of drug-likeness (QED) is 0.604. The number of nitrogens with one attached hydrogen (secondary N) is 1. The molecular formula is C16H18N2O3S. The van der Waals surface area contributed by atoms with Gasteiger partial charge in [-0.15, -0.1) is 0 Å². The largest absolute Gasteiger partial charge is 0.497 e. The Morgan fingerprint density at radius 3 is 1.82 bits per heavy atom. The lowest BCUT2D eigenvalue weighted by Gasteiger charge is -2.09. The van der Waals surface area contributed by atoms with E-state index in [1.165, 1.54) is 0 Å². The number of methoxy groups -OCH3 is 1. The molecule has 0 saturated heterocycles. The van der Waals surface area contributed by atoms with Gasteiger partial charge in [-0.3, -0.25) is 0 Å². The minimum absolute atomic E-state index is 0.238. The maximum Gasteiger partial charge on any atom is 0.168 e. The molecule has 2 aromatic carbocycles. The van der Waals surface area contributed by atoms with Crippen LogP contribution in [0.4, 0.5) is 5.69 Å². The first kappa shape index (κ1) is 15.9. The number of rotatable bonds is 7. The Balaban J connectivity index is 1.72. The fraction of sp³-hybridized carbons (Fsp3) is 0.188. The highest BCUT2D eigenvalue weighted by molar-refractivity contribution is 7.80. The molecule has 0 aliphatic heterocycles. The monoisotopic (exact) mass is 318 g/mol. The lowest BCUT2D eigenvalue weighted by molar-refractivity contribution is 0.217. The van der Waals surface area contributed by atoms with Crippen LogP contribution in [-0.2, 0) is 0 Å². The number of ether oxygens (including phenoxy) is 3. The maximum atomic E-state index is 5.59. The Kier molecular flexibility index (Phi) is 5.85. The van der Waals surface area contributed by atoms with Crippen molar-refractivity contribution in [2.24, 2.45) is 5.73 Å². The Morgan fingerprint density at radius 1 is 0.909 bits per heavy atom. The number of thiocarbonyl (C=S) groups is 1. The molecule has 0 aliphatic rings. The van der Waals surface area contributed by atoms with Crippen molar-refractivity contribution in [3.05, 3.63) is 48.5 Å². The van der Waals surface area contributed by atoms with E-state index in [4.69, 9.17) is 32.2 Å². The second kappa shape index (κ2) is 8.09. The van der Waals surface area contributed by atoms with E-state index in [1.54, 1.807) is 7.11 Å². The normalized spacial score (nSPS) is 9.86. The van der Waals surface area contributed by atoms with Crippen LogP contribution in [-0.4, -0.2) is 25.4 Å². The highest BCUT2D eigenvalue weighted by Crippen LogP contribution is 2.18. The average molecular weight is 318 g/mol. The summed E-state index contributed by atoms with van der Waals surface area (Å²) in [7, 11) is 1.63. The minimum atomic E-state index is 0.238. The molecule has 5 nitrogen and oxygen atoms in total. The lowest BCUT2D eigenvalue weighted by Crippen LogP contribution is -2.18. The first-order valence-corrected chi connectivity index (χ1v) is 7.14. The molecule has 2 aromatic rings. The number of hydrogen-bond acceptors (Lipinski definition) is 4. The van der Waals surface area contributed by atoms with Crippen LogP contribution in [0, 0.1) is 0 Å². The third-order valence-corrected chi connectivity index (χ3v) is 2.90. The zero-order valence-electron chi connectivity index (χ0n) is 12.2. The molecule has 0 fully saturated rings. The van der Waals surface area contributed by atoms with E-state index in [2.05, 4.69) is 5.32 Å². The average Bonchev–Trinajstić information content (AvgIpc) is 2.53. The van der Waals surface area contributed by atoms with Crippen molar-refractivity contribution >= 4 is 23.0 Å². The molecule has 0 saturated carbocycles. The van der Waals surface area contributed by atoms with Gasteiger partial charge in [-0.25, -0.2) is 0 Å². The molecule has 6 heteroatoms. The van der Waals surface area contributed by atoms with Crippen molar-refractivity contribution in [1.29, 1.82) is 0 Å². The summed E-state index contributed by atoms with van der Waals surface area (Å²) in [6.45, 7) is 0.910. The molecule has 0 heterocycles. The number of benzene rings is 2. The molecule has 22 heavy (non-hydrogen) atoms. The topological polar surface area (TPSA) is 65.7 Å². The van der Waals surface area contributed by atoms with Crippen LogP contribution in [0.2, 0.25) is 0 Å². The summed E-state index contributed by atoms with van der Waals surface area (Å²) in [6, 6.07) is 14.8. The van der Waals surface area contributed by atoms with Gasteiger partial charge in [0.1, 0.15) is 30.5 Å². The highest BCUT2D eigenvalue weighted by Gasteiger charge is 1.98. The van der Waals surface area contributed by atoms with Gasteiger partial charge in [0.25, 0.3) is 0 Å². The number of anilines is 1. The first-order chi connectivity index (χ1) is 10.7. The molecule has 0 amide bonds.